The number of hydrogen-bond acceptors (Lipinski definition) is 4. The monoisotopic (exact) mass is 412 g/mol. The number of sulfonamides is 1. The minimum absolute atomic E-state index is 0.348. The zero-order valence-corrected chi connectivity index (χ0v) is 16.9. The summed E-state index contributed by atoms with van der Waals surface area (Å²) in [5.74, 6) is 0.349. The molecule has 2 aromatic rings. The molecule has 0 radical (unpaired) electrons. The summed E-state index contributed by atoms with van der Waals surface area (Å²) in [4.78, 5) is 13.5. The summed E-state index contributed by atoms with van der Waals surface area (Å²) in [5, 5.41) is 3.29. The summed E-state index contributed by atoms with van der Waals surface area (Å²) in [6.07, 6.45) is 1.08. The number of benzene rings is 2. The molecule has 0 bridgehead atoms. The first-order valence-electron chi connectivity index (χ1n) is 7.99. The van der Waals surface area contributed by atoms with Gasteiger partial charge in [-0.25, -0.2) is 8.42 Å². The number of carbonyl (C=O) groups is 1. The van der Waals surface area contributed by atoms with Crippen molar-refractivity contribution < 1.29 is 13.2 Å². The molecule has 1 unspecified atom stereocenters. The summed E-state index contributed by atoms with van der Waals surface area (Å²) in [6, 6.07) is 15.3. The summed E-state index contributed by atoms with van der Waals surface area (Å²) in [6.45, 7) is 2.01. The molecular formula is C18H21ClN2O3S2. The number of carbonyl (C=O) groups excluding carboxylic acids is 1. The number of halogens is 1. The maximum atomic E-state index is 12.4. The molecule has 2 rings (SSSR count). The lowest BCUT2D eigenvalue weighted by molar-refractivity contribution is -0.121. The van der Waals surface area contributed by atoms with Crippen molar-refractivity contribution in [3.05, 3.63) is 59.6 Å². The van der Waals surface area contributed by atoms with E-state index in [9.17, 15) is 13.2 Å². The van der Waals surface area contributed by atoms with Crippen LogP contribution in [0.25, 0.3) is 0 Å². The van der Waals surface area contributed by atoms with Gasteiger partial charge in [-0.3, -0.25) is 9.10 Å². The van der Waals surface area contributed by atoms with Crippen LogP contribution in [-0.2, 0) is 14.8 Å². The van der Waals surface area contributed by atoms with Gasteiger partial charge < -0.3 is 5.32 Å². The lowest BCUT2D eigenvalue weighted by Gasteiger charge is -2.28. The van der Waals surface area contributed by atoms with Crippen molar-refractivity contribution >= 4 is 45.0 Å². The van der Waals surface area contributed by atoms with Gasteiger partial charge in [-0.15, -0.1) is 11.8 Å². The molecule has 0 aliphatic rings. The molecule has 1 amide bonds. The largest absolute Gasteiger partial charge is 0.353 e. The molecule has 1 N–H and O–H groups in total. The minimum atomic E-state index is -3.62. The van der Waals surface area contributed by atoms with E-state index in [4.69, 9.17) is 11.6 Å². The van der Waals surface area contributed by atoms with Gasteiger partial charge in [-0.2, -0.15) is 0 Å². The van der Waals surface area contributed by atoms with Crippen molar-refractivity contribution in [3.8, 4) is 0 Å². The Morgan fingerprint density at radius 3 is 2.35 bits per heavy atom. The van der Waals surface area contributed by atoms with Gasteiger partial charge >= 0.3 is 0 Å². The van der Waals surface area contributed by atoms with Gasteiger partial charge in [-0.1, -0.05) is 29.8 Å². The average molecular weight is 413 g/mol. The van der Waals surface area contributed by atoms with Gasteiger partial charge in [0.15, 0.2) is 0 Å². The fourth-order valence-electron chi connectivity index (χ4n) is 2.40. The van der Waals surface area contributed by atoms with E-state index in [1.807, 2.05) is 30.3 Å². The van der Waals surface area contributed by atoms with E-state index in [0.29, 0.717) is 23.0 Å². The lowest BCUT2D eigenvalue weighted by atomic mass is 10.2. The molecule has 2 aromatic carbocycles. The molecule has 0 aromatic heterocycles. The number of nitrogens with one attached hydrogen (secondary N) is 1. The quantitative estimate of drug-likeness (QED) is 0.533. The Balaban J connectivity index is 1.98. The van der Waals surface area contributed by atoms with Crippen LogP contribution in [0.15, 0.2) is 59.5 Å². The molecule has 0 saturated carbocycles. The van der Waals surface area contributed by atoms with Crippen molar-refractivity contribution in [2.24, 2.45) is 0 Å². The van der Waals surface area contributed by atoms with Gasteiger partial charge in [0.05, 0.1) is 11.9 Å². The predicted molar refractivity (Wildman–Crippen MR) is 108 cm³/mol. The van der Waals surface area contributed by atoms with Gasteiger partial charge in [0, 0.05) is 22.2 Å². The highest BCUT2D eigenvalue weighted by molar-refractivity contribution is 7.99. The Labute approximate surface area is 163 Å². The smallest absolute Gasteiger partial charge is 0.243 e. The third-order valence-corrected chi connectivity index (χ3v) is 6.09. The molecular weight excluding hydrogens is 392 g/mol. The molecule has 140 valence electrons. The SMILES string of the molecule is CC(C(=O)NCCSc1ccccc1)N(c1ccc(Cl)cc1)S(C)(=O)=O. The Morgan fingerprint density at radius 1 is 1.15 bits per heavy atom. The van der Waals surface area contributed by atoms with E-state index in [1.54, 1.807) is 43.0 Å². The third kappa shape index (κ3) is 5.93. The molecule has 0 heterocycles. The van der Waals surface area contributed by atoms with E-state index < -0.39 is 16.1 Å². The molecule has 5 nitrogen and oxygen atoms in total. The van der Waals surface area contributed by atoms with Crippen LogP contribution in [0.4, 0.5) is 5.69 Å². The van der Waals surface area contributed by atoms with Crippen LogP contribution in [0.2, 0.25) is 5.02 Å². The van der Waals surface area contributed by atoms with Crippen molar-refractivity contribution in [1.82, 2.24) is 5.32 Å². The lowest BCUT2D eigenvalue weighted by Crippen LogP contribution is -2.48. The van der Waals surface area contributed by atoms with E-state index in [0.717, 1.165) is 15.5 Å². The Kier molecular flexibility index (Phi) is 7.37. The summed E-state index contributed by atoms with van der Waals surface area (Å²) < 4.78 is 25.5. The Bertz CT molecular complexity index is 827. The zero-order chi connectivity index (χ0) is 19.2. The van der Waals surface area contributed by atoms with Crippen molar-refractivity contribution in [2.45, 2.75) is 17.9 Å². The predicted octanol–water partition coefficient (Wildman–Crippen LogP) is 3.40. The van der Waals surface area contributed by atoms with E-state index in [-0.39, 0.29) is 5.91 Å². The molecule has 0 saturated heterocycles. The first-order valence-corrected chi connectivity index (χ1v) is 11.2. The van der Waals surface area contributed by atoms with Crippen LogP contribution in [0.3, 0.4) is 0 Å². The van der Waals surface area contributed by atoms with Gasteiger partial charge in [0.2, 0.25) is 15.9 Å². The van der Waals surface area contributed by atoms with E-state index in [1.165, 1.54) is 0 Å². The van der Waals surface area contributed by atoms with Crippen LogP contribution >= 0.6 is 23.4 Å². The fourth-order valence-corrected chi connectivity index (χ4v) is 4.49. The second-order valence-corrected chi connectivity index (χ2v) is 9.13. The van der Waals surface area contributed by atoms with Crippen molar-refractivity contribution in [2.75, 3.05) is 22.9 Å². The second kappa shape index (κ2) is 9.30. The summed E-state index contributed by atoms with van der Waals surface area (Å²) >= 11 is 7.48. The topological polar surface area (TPSA) is 66.5 Å². The van der Waals surface area contributed by atoms with Gasteiger partial charge in [0.25, 0.3) is 0 Å². The molecule has 0 fully saturated rings. The average Bonchev–Trinajstić information content (AvgIpc) is 2.60. The Morgan fingerprint density at radius 2 is 1.77 bits per heavy atom. The fraction of sp³-hybridized carbons (Fsp3) is 0.278. The van der Waals surface area contributed by atoms with Crippen molar-refractivity contribution in [1.29, 1.82) is 0 Å². The molecule has 0 aliphatic carbocycles. The molecule has 0 spiro atoms. The number of anilines is 1. The Hall–Kier alpha value is -1.70. The second-order valence-electron chi connectivity index (χ2n) is 5.66. The zero-order valence-electron chi connectivity index (χ0n) is 14.6. The minimum Gasteiger partial charge on any atom is -0.353 e. The third-order valence-electron chi connectivity index (χ3n) is 3.58. The first kappa shape index (κ1) is 20.6. The highest BCUT2D eigenvalue weighted by Crippen LogP contribution is 2.23. The summed E-state index contributed by atoms with van der Waals surface area (Å²) in [7, 11) is -3.62. The normalized spacial score (nSPS) is 12.4. The standard InChI is InChI=1S/C18H21ClN2O3S2/c1-14(18(22)20-12-13-25-17-6-4-3-5-7-17)21(26(2,23)24)16-10-8-15(19)9-11-16/h3-11,14H,12-13H2,1-2H3,(H,20,22). The van der Waals surface area contributed by atoms with Gasteiger partial charge in [-0.05, 0) is 43.3 Å². The van der Waals surface area contributed by atoms with E-state index in [2.05, 4.69) is 5.32 Å². The van der Waals surface area contributed by atoms with Crippen LogP contribution in [-0.4, -0.2) is 38.9 Å². The first-order chi connectivity index (χ1) is 12.3. The number of rotatable bonds is 8. The summed E-state index contributed by atoms with van der Waals surface area (Å²) in [5.41, 5.74) is 0.401. The maximum absolute atomic E-state index is 12.4. The molecule has 8 heteroatoms. The van der Waals surface area contributed by atoms with Crippen LogP contribution in [0.5, 0.6) is 0 Å². The van der Waals surface area contributed by atoms with E-state index >= 15 is 0 Å². The van der Waals surface area contributed by atoms with Crippen LogP contribution in [0.1, 0.15) is 6.92 Å². The highest BCUT2D eigenvalue weighted by Gasteiger charge is 2.28. The number of hydrogen-bond donors (Lipinski definition) is 1. The number of thioether (sulfide) groups is 1. The highest BCUT2D eigenvalue weighted by atomic mass is 35.5. The van der Waals surface area contributed by atoms with Gasteiger partial charge in [0.1, 0.15) is 6.04 Å². The number of nitrogens with zero attached hydrogens (tertiary/aromatic N) is 1. The van der Waals surface area contributed by atoms with Crippen LogP contribution in [0, 0.1) is 0 Å². The number of amides is 1. The molecule has 26 heavy (non-hydrogen) atoms. The van der Waals surface area contributed by atoms with Crippen LogP contribution < -0.4 is 9.62 Å². The van der Waals surface area contributed by atoms with Crippen molar-refractivity contribution in [3.63, 3.8) is 0 Å². The molecule has 0 aliphatic heterocycles. The molecule has 1 atom stereocenters. The maximum Gasteiger partial charge on any atom is 0.243 e.